The standard InChI is InChI=1S/C14H21NO2/c16-11-13-6-7-14(10-15-13)17-9-8-12-4-2-1-3-5-12/h6-7,10,12,16H,1-5,8-9,11H2. The van der Waals surface area contributed by atoms with E-state index in [0.717, 1.165) is 24.7 Å². The van der Waals surface area contributed by atoms with Crippen LogP contribution in [-0.2, 0) is 6.61 Å². The number of hydrogen-bond donors (Lipinski definition) is 1. The second-order valence-corrected chi connectivity index (χ2v) is 4.78. The van der Waals surface area contributed by atoms with Gasteiger partial charge in [0.05, 0.1) is 25.1 Å². The van der Waals surface area contributed by atoms with Gasteiger partial charge in [0, 0.05) is 0 Å². The minimum Gasteiger partial charge on any atom is -0.492 e. The Bertz CT molecular complexity index is 317. The molecule has 2 rings (SSSR count). The van der Waals surface area contributed by atoms with Crippen molar-refractivity contribution in [2.75, 3.05) is 6.61 Å². The Hall–Kier alpha value is -1.09. The molecule has 1 heterocycles. The Kier molecular flexibility index (Phi) is 4.80. The molecule has 0 atom stereocenters. The summed E-state index contributed by atoms with van der Waals surface area (Å²) < 4.78 is 5.66. The van der Waals surface area contributed by atoms with Crippen molar-refractivity contribution in [3.05, 3.63) is 24.0 Å². The summed E-state index contributed by atoms with van der Waals surface area (Å²) in [5.74, 6) is 1.66. The highest BCUT2D eigenvalue weighted by Gasteiger charge is 2.12. The van der Waals surface area contributed by atoms with Crippen LogP contribution < -0.4 is 4.74 Å². The third-order valence-corrected chi connectivity index (χ3v) is 3.48. The minimum absolute atomic E-state index is 0.0116. The van der Waals surface area contributed by atoms with Gasteiger partial charge in [0.2, 0.25) is 0 Å². The molecule has 1 N–H and O–H groups in total. The fourth-order valence-electron chi connectivity index (χ4n) is 2.41. The number of ether oxygens (including phenoxy) is 1. The van der Waals surface area contributed by atoms with Crippen LogP contribution in [0.1, 0.15) is 44.2 Å². The van der Waals surface area contributed by atoms with Gasteiger partial charge in [-0.15, -0.1) is 0 Å². The van der Waals surface area contributed by atoms with Gasteiger partial charge in [0.25, 0.3) is 0 Å². The zero-order valence-corrected chi connectivity index (χ0v) is 10.3. The molecule has 1 aromatic rings. The average Bonchev–Trinajstić information content (AvgIpc) is 2.41. The second kappa shape index (κ2) is 6.60. The van der Waals surface area contributed by atoms with E-state index < -0.39 is 0 Å². The maximum absolute atomic E-state index is 8.87. The minimum atomic E-state index is -0.0116. The maximum Gasteiger partial charge on any atom is 0.137 e. The lowest BCUT2D eigenvalue weighted by Crippen LogP contribution is -2.10. The highest BCUT2D eigenvalue weighted by atomic mass is 16.5. The summed E-state index contributed by atoms with van der Waals surface area (Å²) in [7, 11) is 0. The van der Waals surface area contributed by atoms with Crippen LogP contribution in [0.5, 0.6) is 5.75 Å². The van der Waals surface area contributed by atoms with Crippen LogP contribution in [0.4, 0.5) is 0 Å². The van der Waals surface area contributed by atoms with Gasteiger partial charge in [0.15, 0.2) is 0 Å². The van der Waals surface area contributed by atoms with Crippen LogP contribution in [0.15, 0.2) is 18.3 Å². The number of aromatic nitrogens is 1. The van der Waals surface area contributed by atoms with Crippen molar-refractivity contribution < 1.29 is 9.84 Å². The summed E-state index contributed by atoms with van der Waals surface area (Å²) in [6.07, 6.45) is 9.75. The number of nitrogens with zero attached hydrogens (tertiary/aromatic N) is 1. The van der Waals surface area contributed by atoms with Gasteiger partial charge >= 0.3 is 0 Å². The molecule has 0 spiro atoms. The van der Waals surface area contributed by atoms with Crippen molar-refractivity contribution in [1.29, 1.82) is 0 Å². The van der Waals surface area contributed by atoms with E-state index in [-0.39, 0.29) is 6.61 Å². The molecule has 1 aliphatic rings. The van der Waals surface area contributed by atoms with E-state index in [1.807, 2.05) is 6.07 Å². The maximum atomic E-state index is 8.87. The van der Waals surface area contributed by atoms with Gasteiger partial charge in [0.1, 0.15) is 5.75 Å². The summed E-state index contributed by atoms with van der Waals surface area (Å²) in [6, 6.07) is 3.68. The van der Waals surface area contributed by atoms with E-state index in [2.05, 4.69) is 4.98 Å². The fourth-order valence-corrected chi connectivity index (χ4v) is 2.41. The van der Waals surface area contributed by atoms with Gasteiger partial charge in [-0.05, 0) is 24.5 Å². The van der Waals surface area contributed by atoms with Crippen LogP contribution >= 0.6 is 0 Å². The smallest absolute Gasteiger partial charge is 0.137 e. The van der Waals surface area contributed by atoms with Crippen molar-refractivity contribution in [3.63, 3.8) is 0 Å². The van der Waals surface area contributed by atoms with Crippen LogP contribution in [0.25, 0.3) is 0 Å². The predicted molar refractivity (Wildman–Crippen MR) is 66.8 cm³/mol. The Labute approximate surface area is 103 Å². The lowest BCUT2D eigenvalue weighted by Gasteiger charge is -2.21. The van der Waals surface area contributed by atoms with E-state index >= 15 is 0 Å². The molecular formula is C14H21NO2. The largest absolute Gasteiger partial charge is 0.492 e. The SMILES string of the molecule is OCc1ccc(OCCC2CCCCC2)cn1. The van der Waals surface area contributed by atoms with E-state index in [1.165, 1.54) is 32.1 Å². The molecule has 1 fully saturated rings. The van der Waals surface area contributed by atoms with Crippen molar-refractivity contribution in [1.82, 2.24) is 4.98 Å². The van der Waals surface area contributed by atoms with Crippen molar-refractivity contribution in [2.24, 2.45) is 5.92 Å². The number of hydrogen-bond acceptors (Lipinski definition) is 3. The number of aliphatic hydroxyl groups excluding tert-OH is 1. The Morgan fingerprint density at radius 2 is 2.06 bits per heavy atom. The van der Waals surface area contributed by atoms with Gasteiger partial charge in [-0.25, -0.2) is 0 Å². The van der Waals surface area contributed by atoms with Gasteiger partial charge in [-0.3, -0.25) is 4.98 Å². The van der Waals surface area contributed by atoms with Crippen molar-refractivity contribution in [3.8, 4) is 5.75 Å². The molecule has 1 aromatic heterocycles. The molecule has 0 aliphatic heterocycles. The van der Waals surface area contributed by atoms with Crippen LogP contribution in [-0.4, -0.2) is 16.7 Å². The normalized spacial score (nSPS) is 17.0. The van der Waals surface area contributed by atoms with Crippen LogP contribution in [0.2, 0.25) is 0 Å². The summed E-state index contributed by atoms with van der Waals surface area (Å²) >= 11 is 0. The van der Waals surface area contributed by atoms with Crippen LogP contribution in [0.3, 0.4) is 0 Å². The Morgan fingerprint density at radius 3 is 2.71 bits per heavy atom. The first-order valence-corrected chi connectivity index (χ1v) is 6.57. The van der Waals surface area contributed by atoms with Gasteiger partial charge in [-0.1, -0.05) is 32.1 Å². The highest BCUT2D eigenvalue weighted by Crippen LogP contribution is 2.26. The first-order chi connectivity index (χ1) is 8.38. The number of pyridine rings is 1. The molecule has 17 heavy (non-hydrogen) atoms. The molecular weight excluding hydrogens is 214 g/mol. The lowest BCUT2D eigenvalue weighted by atomic mass is 9.87. The quantitative estimate of drug-likeness (QED) is 0.853. The first-order valence-electron chi connectivity index (χ1n) is 6.57. The fraction of sp³-hybridized carbons (Fsp3) is 0.643. The summed E-state index contributed by atoms with van der Waals surface area (Å²) in [5, 5.41) is 8.87. The van der Waals surface area contributed by atoms with Gasteiger partial charge < -0.3 is 9.84 Å². The number of aliphatic hydroxyl groups is 1. The molecule has 1 aliphatic carbocycles. The average molecular weight is 235 g/mol. The molecule has 0 amide bonds. The topological polar surface area (TPSA) is 42.4 Å². The van der Waals surface area contributed by atoms with E-state index in [9.17, 15) is 0 Å². The first kappa shape index (κ1) is 12.4. The van der Waals surface area contributed by atoms with Gasteiger partial charge in [-0.2, -0.15) is 0 Å². The van der Waals surface area contributed by atoms with E-state index in [0.29, 0.717) is 5.69 Å². The zero-order valence-electron chi connectivity index (χ0n) is 10.3. The third kappa shape index (κ3) is 4.00. The highest BCUT2D eigenvalue weighted by molar-refractivity contribution is 5.19. The Balaban J connectivity index is 1.69. The molecule has 0 bridgehead atoms. The number of rotatable bonds is 5. The Morgan fingerprint density at radius 1 is 1.24 bits per heavy atom. The van der Waals surface area contributed by atoms with E-state index in [4.69, 9.17) is 9.84 Å². The second-order valence-electron chi connectivity index (χ2n) is 4.78. The summed E-state index contributed by atoms with van der Waals surface area (Å²) in [6.45, 7) is 0.771. The summed E-state index contributed by atoms with van der Waals surface area (Å²) in [4.78, 5) is 4.09. The van der Waals surface area contributed by atoms with Crippen molar-refractivity contribution >= 4 is 0 Å². The molecule has 94 valence electrons. The van der Waals surface area contributed by atoms with E-state index in [1.54, 1.807) is 12.3 Å². The molecule has 0 saturated heterocycles. The summed E-state index contributed by atoms with van der Waals surface area (Å²) in [5.41, 5.74) is 0.685. The lowest BCUT2D eigenvalue weighted by molar-refractivity contribution is 0.245. The van der Waals surface area contributed by atoms with Crippen LogP contribution in [0, 0.1) is 5.92 Å². The molecule has 3 nitrogen and oxygen atoms in total. The predicted octanol–water partition coefficient (Wildman–Crippen LogP) is 2.92. The zero-order chi connectivity index (χ0) is 11.9. The molecule has 1 saturated carbocycles. The molecule has 0 unspecified atom stereocenters. The monoisotopic (exact) mass is 235 g/mol. The molecule has 3 heteroatoms. The third-order valence-electron chi connectivity index (χ3n) is 3.48. The molecule has 0 aromatic carbocycles. The van der Waals surface area contributed by atoms with Crippen molar-refractivity contribution in [2.45, 2.75) is 45.1 Å². The molecule has 0 radical (unpaired) electrons.